The maximum Gasteiger partial charge on any atom is 0.287 e. The van der Waals surface area contributed by atoms with Crippen molar-refractivity contribution < 1.29 is 9.72 Å². The predicted octanol–water partition coefficient (Wildman–Crippen LogP) is -0.687. The van der Waals surface area contributed by atoms with Crippen molar-refractivity contribution >= 4 is 5.91 Å². The van der Waals surface area contributed by atoms with E-state index in [0.717, 1.165) is 0 Å². The van der Waals surface area contributed by atoms with Gasteiger partial charge in [-0.25, -0.2) is 0 Å². The molecule has 1 rings (SSSR count). The lowest BCUT2D eigenvalue weighted by atomic mass is 10.3. The molecule has 0 spiro atoms. The number of nitro groups is 1. The number of carbonyl (C=O) groups is 1. The number of hydrogen-bond acceptors (Lipinski definition) is 3. The Kier molecular flexibility index (Phi) is 1.33. The molecule has 5 heteroatoms. The molecule has 1 atom stereocenters. The first-order valence-electron chi connectivity index (χ1n) is 2.47. The van der Waals surface area contributed by atoms with Crippen LogP contribution in [-0.2, 0) is 4.79 Å². The largest absolute Gasteiger partial charge is 0.294 e. The standard InChI is InChI=1S/C4H5N2O3/c7-4-2-1-3(5-4)6(8)9/h2-3H,1H2,(H,5,7). The van der Waals surface area contributed by atoms with Crippen molar-refractivity contribution in [1.82, 2.24) is 5.32 Å². The third-order valence-electron chi connectivity index (χ3n) is 1.09. The lowest BCUT2D eigenvalue weighted by Crippen LogP contribution is -2.32. The summed E-state index contributed by atoms with van der Waals surface area (Å²) in [6, 6.07) is 0. The highest BCUT2D eigenvalue weighted by Crippen LogP contribution is 2.04. The molecule has 1 radical (unpaired) electrons. The summed E-state index contributed by atoms with van der Waals surface area (Å²) in [5.74, 6) is -0.350. The van der Waals surface area contributed by atoms with E-state index in [0.29, 0.717) is 0 Å². The molecule has 0 aromatic rings. The molecule has 5 nitrogen and oxygen atoms in total. The van der Waals surface area contributed by atoms with Crippen LogP contribution in [0.2, 0.25) is 0 Å². The van der Waals surface area contributed by atoms with Crippen molar-refractivity contribution in [1.29, 1.82) is 0 Å². The van der Waals surface area contributed by atoms with E-state index < -0.39 is 11.1 Å². The molecule has 1 heterocycles. The van der Waals surface area contributed by atoms with Crippen LogP contribution in [0.15, 0.2) is 0 Å². The maximum atomic E-state index is 10.3. The Hall–Kier alpha value is -1.13. The van der Waals surface area contributed by atoms with Crippen LogP contribution in [0.3, 0.4) is 0 Å². The lowest BCUT2D eigenvalue weighted by molar-refractivity contribution is -0.524. The third-order valence-corrected chi connectivity index (χ3v) is 1.09. The Morgan fingerprint density at radius 3 is 2.78 bits per heavy atom. The fraction of sp³-hybridized carbons (Fsp3) is 0.500. The van der Waals surface area contributed by atoms with E-state index >= 15 is 0 Å². The zero-order valence-corrected chi connectivity index (χ0v) is 4.53. The molecule has 1 amide bonds. The number of rotatable bonds is 1. The molecule has 0 aromatic heterocycles. The van der Waals surface area contributed by atoms with Crippen molar-refractivity contribution in [3.8, 4) is 0 Å². The lowest BCUT2D eigenvalue weighted by Gasteiger charge is -1.97. The average molecular weight is 129 g/mol. The van der Waals surface area contributed by atoms with Gasteiger partial charge in [0.15, 0.2) is 0 Å². The molecule has 9 heavy (non-hydrogen) atoms. The predicted molar refractivity (Wildman–Crippen MR) is 27.8 cm³/mol. The average Bonchev–Trinajstić information content (AvgIpc) is 2.14. The van der Waals surface area contributed by atoms with Gasteiger partial charge in [-0.15, -0.1) is 0 Å². The molecule has 0 saturated carbocycles. The minimum Gasteiger partial charge on any atom is -0.294 e. The Morgan fingerprint density at radius 1 is 1.89 bits per heavy atom. The zero-order chi connectivity index (χ0) is 6.85. The van der Waals surface area contributed by atoms with Crippen molar-refractivity contribution in [3.63, 3.8) is 0 Å². The molecular formula is C4H5N2O3. The molecule has 1 fully saturated rings. The highest BCUT2D eigenvalue weighted by Gasteiger charge is 2.29. The Balaban J connectivity index is 2.48. The minimum atomic E-state index is -0.891. The van der Waals surface area contributed by atoms with E-state index in [1.54, 1.807) is 0 Å². The summed E-state index contributed by atoms with van der Waals surface area (Å²) in [4.78, 5) is 19.7. The Morgan fingerprint density at radius 2 is 2.56 bits per heavy atom. The molecule has 1 aliphatic heterocycles. The van der Waals surface area contributed by atoms with E-state index in [1.807, 2.05) is 0 Å². The van der Waals surface area contributed by atoms with Gasteiger partial charge in [-0.05, 0) is 0 Å². The van der Waals surface area contributed by atoms with Crippen LogP contribution in [0.25, 0.3) is 0 Å². The highest BCUT2D eigenvalue weighted by molar-refractivity contribution is 5.86. The molecule has 1 N–H and O–H groups in total. The molecular weight excluding hydrogens is 124 g/mol. The van der Waals surface area contributed by atoms with Crippen molar-refractivity contribution in [3.05, 3.63) is 16.5 Å². The van der Waals surface area contributed by atoms with Gasteiger partial charge in [-0.1, -0.05) is 0 Å². The first kappa shape index (κ1) is 6.00. The summed E-state index contributed by atoms with van der Waals surface area (Å²) in [6.07, 6.45) is 0.580. The van der Waals surface area contributed by atoms with Gasteiger partial charge >= 0.3 is 0 Å². The van der Waals surface area contributed by atoms with E-state index in [9.17, 15) is 14.9 Å². The second kappa shape index (κ2) is 2.00. The summed E-state index contributed by atoms with van der Waals surface area (Å²) in [5, 5.41) is 12.1. The SMILES string of the molecule is O=C1[CH]CC([N+](=O)[O-])N1. The van der Waals surface area contributed by atoms with E-state index in [2.05, 4.69) is 5.32 Å². The highest BCUT2D eigenvalue weighted by atomic mass is 16.6. The number of amides is 1. The van der Waals surface area contributed by atoms with Gasteiger partial charge in [-0.3, -0.25) is 20.2 Å². The van der Waals surface area contributed by atoms with Crippen LogP contribution in [0, 0.1) is 16.5 Å². The van der Waals surface area contributed by atoms with Gasteiger partial charge in [-0.2, -0.15) is 0 Å². The van der Waals surface area contributed by atoms with Crippen LogP contribution in [0.5, 0.6) is 0 Å². The fourth-order valence-corrected chi connectivity index (χ4v) is 0.640. The van der Waals surface area contributed by atoms with Crippen molar-refractivity contribution in [2.45, 2.75) is 12.6 Å². The maximum absolute atomic E-state index is 10.3. The summed E-state index contributed by atoms with van der Waals surface area (Å²) in [5.41, 5.74) is 0. The number of nitrogens with zero attached hydrogens (tertiary/aromatic N) is 1. The number of hydrogen-bond donors (Lipinski definition) is 1. The Labute approximate surface area is 51.2 Å². The number of nitrogens with one attached hydrogen (secondary N) is 1. The molecule has 0 aromatic carbocycles. The molecule has 0 aliphatic carbocycles. The van der Waals surface area contributed by atoms with Crippen LogP contribution in [0.4, 0.5) is 0 Å². The second-order valence-corrected chi connectivity index (χ2v) is 1.75. The first-order valence-corrected chi connectivity index (χ1v) is 2.47. The summed E-state index contributed by atoms with van der Waals surface area (Å²) in [7, 11) is 0. The van der Waals surface area contributed by atoms with E-state index in [4.69, 9.17) is 0 Å². The van der Waals surface area contributed by atoms with Crippen molar-refractivity contribution in [2.75, 3.05) is 0 Å². The third kappa shape index (κ3) is 1.16. The minimum absolute atomic E-state index is 0.200. The fourth-order valence-electron chi connectivity index (χ4n) is 0.640. The second-order valence-electron chi connectivity index (χ2n) is 1.75. The summed E-state index contributed by atoms with van der Waals surface area (Å²) in [6.45, 7) is 0. The first-order chi connectivity index (χ1) is 4.20. The molecule has 49 valence electrons. The monoisotopic (exact) mass is 129 g/mol. The van der Waals surface area contributed by atoms with Gasteiger partial charge in [0.25, 0.3) is 6.17 Å². The molecule has 1 aliphatic rings. The van der Waals surface area contributed by atoms with Gasteiger partial charge in [0, 0.05) is 11.3 Å². The molecule has 1 saturated heterocycles. The van der Waals surface area contributed by atoms with Gasteiger partial charge < -0.3 is 0 Å². The normalized spacial score (nSPS) is 25.8. The molecule has 0 bridgehead atoms. The molecule has 1 unspecified atom stereocenters. The summed E-state index contributed by atoms with van der Waals surface area (Å²) >= 11 is 0. The van der Waals surface area contributed by atoms with Crippen LogP contribution in [0.1, 0.15) is 6.42 Å². The van der Waals surface area contributed by atoms with Crippen LogP contribution < -0.4 is 5.32 Å². The zero-order valence-electron chi connectivity index (χ0n) is 4.53. The number of carbonyl (C=O) groups excluding carboxylic acids is 1. The van der Waals surface area contributed by atoms with Crippen LogP contribution in [-0.4, -0.2) is 17.0 Å². The smallest absolute Gasteiger partial charge is 0.287 e. The van der Waals surface area contributed by atoms with E-state index in [-0.39, 0.29) is 12.3 Å². The van der Waals surface area contributed by atoms with Crippen LogP contribution >= 0.6 is 0 Å². The van der Waals surface area contributed by atoms with Gasteiger partial charge in [0.05, 0.1) is 6.42 Å². The topological polar surface area (TPSA) is 72.2 Å². The van der Waals surface area contributed by atoms with Crippen molar-refractivity contribution in [2.24, 2.45) is 0 Å². The summed E-state index contributed by atoms with van der Waals surface area (Å²) < 4.78 is 0. The quantitative estimate of drug-likeness (QED) is 0.376. The van der Waals surface area contributed by atoms with Gasteiger partial charge in [0.1, 0.15) is 0 Å². The van der Waals surface area contributed by atoms with E-state index in [1.165, 1.54) is 6.42 Å². The Bertz CT molecular complexity index is 156. The van der Waals surface area contributed by atoms with Gasteiger partial charge in [0.2, 0.25) is 5.91 Å².